The molecule has 1 saturated heterocycles. The first-order valence-corrected chi connectivity index (χ1v) is 8.49. The van der Waals surface area contributed by atoms with Crippen LogP contribution in [0.3, 0.4) is 0 Å². The maximum absolute atomic E-state index is 6.00. The number of nitrogens with zero attached hydrogens (tertiary/aromatic N) is 1. The van der Waals surface area contributed by atoms with Gasteiger partial charge in [-0.1, -0.05) is 19.1 Å². The Morgan fingerprint density at radius 3 is 2.63 bits per heavy atom. The van der Waals surface area contributed by atoms with E-state index in [0.717, 1.165) is 6.54 Å². The molecular weight excluding hydrogens is 252 g/mol. The van der Waals surface area contributed by atoms with E-state index in [9.17, 15) is 0 Å². The van der Waals surface area contributed by atoms with Crippen molar-refractivity contribution in [2.24, 2.45) is 11.7 Å². The molecule has 0 spiro atoms. The van der Waals surface area contributed by atoms with Crippen molar-refractivity contribution in [3.8, 4) is 0 Å². The molecule has 0 aliphatic carbocycles. The Kier molecular flexibility index (Phi) is 5.31. The van der Waals surface area contributed by atoms with E-state index in [1.54, 1.807) is 11.8 Å². The summed E-state index contributed by atoms with van der Waals surface area (Å²) in [4.78, 5) is 3.93. The summed E-state index contributed by atoms with van der Waals surface area (Å²) in [5.74, 6) is 0.715. The molecule has 0 aromatic heterocycles. The molecule has 1 fully saturated rings. The second-order valence-electron chi connectivity index (χ2n) is 5.61. The molecule has 0 amide bonds. The summed E-state index contributed by atoms with van der Waals surface area (Å²) in [7, 11) is 0. The summed E-state index contributed by atoms with van der Waals surface area (Å²) in [5, 5.41) is 0. The van der Waals surface area contributed by atoms with Gasteiger partial charge in [-0.15, -0.1) is 11.8 Å². The second-order valence-corrected chi connectivity index (χ2v) is 6.49. The summed E-state index contributed by atoms with van der Waals surface area (Å²) in [6.07, 6.45) is 4.73. The van der Waals surface area contributed by atoms with Gasteiger partial charge in [-0.05, 0) is 56.2 Å². The van der Waals surface area contributed by atoms with Crippen LogP contribution in [0.25, 0.3) is 0 Å². The Morgan fingerprint density at radius 1 is 1.37 bits per heavy atom. The van der Waals surface area contributed by atoms with E-state index >= 15 is 0 Å². The Balaban J connectivity index is 2.14. The minimum atomic E-state index is 0.465. The van der Waals surface area contributed by atoms with E-state index in [4.69, 9.17) is 5.73 Å². The lowest BCUT2D eigenvalue weighted by molar-refractivity contribution is 0.0689. The molecule has 1 aliphatic heterocycles. The summed E-state index contributed by atoms with van der Waals surface area (Å²) in [6.45, 7) is 6.61. The Hall–Kier alpha value is -0.510. The fourth-order valence-corrected chi connectivity index (χ4v) is 3.61. The van der Waals surface area contributed by atoms with Gasteiger partial charge in [0.05, 0.1) is 0 Å². The molecule has 1 aliphatic rings. The number of nitrogens with two attached hydrogens (primary N) is 1. The molecule has 0 bridgehead atoms. The van der Waals surface area contributed by atoms with Gasteiger partial charge in [-0.25, -0.2) is 0 Å². The van der Waals surface area contributed by atoms with Crippen molar-refractivity contribution in [2.75, 3.05) is 19.3 Å². The molecule has 0 radical (unpaired) electrons. The lowest BCUT2D eigenvalue weighted by Crippen LogP contribution is -2.49. The van der Waals surface area contributed by atoms with E-state index in [1.807, 2.05) is 0 Å². The lowest BCUT2D eigenvalue weighted by atomic mass is 9.88. The smallest absolute Gasteiger partial charge is 0.0323 e. The highest BCUT2D eigenvalue weighted by atomic mass is 32.2. The van der Waals surface area contributed by atoms with Crippen LogP contribution in [0.5, 0.6) is 0 Å². The number of hydrogen-bond acceptors (Lipinski definition) is 3. The highest BCUT2D eigenvalue weighted by Crippen LogP contribution is 2.31. The molecule has 19 heavy (non-hydrogen) atoms. The van der Waals surface area contributed by atoms with Crippen LogP contribution in [0.2, 0.25) is 0 Å². The molecule has 1 aromatic carbocycles. The number of benzene rings is 1. The third-order valence-electron chi connectivity index (χ3n) is 4.50. The van der Waals surface area contributed by atoms with Gasteiger partial charge in [0.1, 0.15) is 0 Å². The van der Waals surface area contributed by atoms with E-state index in [1.165, 1.54) is 29.8 Å². The molecular formula is C16H26N2S. The molecule has 1 aromatic rings. The average molecular weight is 278 g/mol. The molecule has 3 atom stereocenters. The van der Waals surface area contributed by atoms with Gasteiger partial charge in [-0.2, -0.15) is 0 Å². The van der Waals surface area contributed by atoms with Crippen LogP contribution in [-0.2, 0) is 0 Å². The minimum absolute atomic E-state index is 0.465. The van der Waals surface area contributed by atoms with Gasteiger partial charge in [0.2, 0.25) is 0 Å². The zero-order valence-electron chi connectivity index (χ0n) is 12.3. The first kappa shape index (κ1) is 14.9. The first-order chi connectivity index (χ1) is 9.17. The molecule has 3 unspecified atom stereocenters. The molecule has 2 N–H and O–H groups in total. The fraction of sp³-hybridized carbons (Fsp3) is 0.625. The Bertz CT molecular complexity index is 390. The maximum atomic E-state index is 6.00. The SMILES string of the molecule is CSc1ccc(C(C)N2CCCC(C)C2CN)cc1. The van der Waals surface area contributed by atoms with E-state index in [2.05, 4.69) is 49.3 Å². The number of thioether (sulfide) groups is 1. The van der Waals surface area contributed by atoms with Crippen LogP contribution < -0.4 is 5.73 Å². The van der Waals surface area contributed by atoms with E-state index < -0.39 is 0 Å². The largest absolute Gasteiger partial charge is 0.329 e. The van der Waals surface area contributed by atoms with Crippen LogP contribution in [-0.4, -0.2) is 30.3 Å². The molecule has 3 heteroatoms. The zero-order chi connectivity index (χ0) is 13.8. The summed E-state index contributed by atoms with van der Waals surface area (Å²) < 4.78 is 0. The summed E-state index contributed by atoms with van der Waals surface area (Å²) in [6, 6.07) is 9.98. The predicted molar refractivity (Wildman–Crippen MR) is 84.6 cm³/mol. The monoisotopic (exact) mass is 278 g/mol. The van der Waals surface area contributed by atoms with Crippen LogP contribution in [0.4, 0.5) is 0 Å². The quantitative estimate of drug-likeness (QED) is 0.854. The molecule has 106 valence electrons. The summed E-state index contributed by atoms with van der Waals surface area (Å²) >= 11 is 1.80. The highest BCUT2D eigenvalue weighted by molar-refractivity contribution is 7.98. The van der Waals surface area contributed by atoms with Gasteiger partial charge in [0.25, 0.3) is 0 Å². The molecule has 2 nitrogen and oxygen atoms in total. The number of likely N-dealkylation sites (tertiary alicyclic amines) is 1. The van der Waals surface area contributed by atoms with Crippen molar-refractivity contribution in [1.82, 2.24) is 4.90 Å². The highest BCUT2D eigenvalue weighted by Gasteiger charge is 2.30. The standard InChI is InChI=1S/C16H26N2S/c1-12-5-4-10-18(16(12)11-17)13(2)14-6-8-15(19-3)9-7-14/h6-9,12-13,16H,4-5,10-11,17H2,1-3H3. The van der Waals surface area contributed by atoms with E-state index in [-0.39, 0.29) is 0 Å². The Labute approximate surface area is 121 Å². The number of hydrogen-bond donors (Lipinski definition) is 1. The first-order valence-electron chi connectivity index (χ1n) is 7.27. The third-order valence-corrected chi connectivity index (χ3v) is 5.24. The minimum Gasteiger partial charge on any atom is -0.329 e. The van der Waals surface area contributed by atoms with Crippen molar-refractivity contribution in [2.45, 2.75) is 43.7 Å². The van der Waals surface area contributed by atoms with E-state index in [0.29, 0.717) is 18.0 Å². The Morgan fingerprint density at radius 2 is 2.05 bits per heavy atom. The van der Waals surface area contributed by atoms with Crippen molar-refractivity contribution in [1.29, 1.82) is 0 Å². The summed E-state index contributed by atoms with van der Waals surface area (Å²) in [5.41, 5.74) is 7.41. The van der Waals surface area contributed by atoms with Crippen molar-refractivity contribution in [3.05, 3.63) is 29.8 Å². The topological polar surface area (TPSA) is 29.3 Å². The fourth-order valence-electron chi connectivity index (χ4n) is 3.20. The van der Waals surface area contributed by atoms with Gasteiger partial charge < -0.3 is 5.73 Å². The second kappa shape index (κ2) is 6.78. The normalized spacial score (nSPS) is 26.3. The van der Waals surface area contributed by atoms with Crippen molar-refractivity contribution in [3.63, 3.8) is 0 Å². The average Bonchev–Trinajstić information content (AvgIpc) is 2.46. The lowest BCUT2D eigenvalue weighted by Gasteiger charge is -2.43. The molecule has 1 heterocycles. The van der Waals surface area contributed by atoms with Gasteiger partial charge in [0, 0.05) is 23.5 Å². The number of piperidine rings is 1. The molecule has 2 rings (SSSR count). The van der Waals surface area contributed by atoms with Crippen molar-refractivity contribution >= 4 is 11.8 Å². The van der Waals surface area contributed by atoms with Gasteiger partial charge >= 0.3 is 0 Å². The van der Waals surface area contributed by atoms with Crippen LogP contribution in [0, 0.1) is 5.92 Å². The van der Waals surface area contributed by atoms with Gasteiger partial charge in [-0.3, -0.25) is 4.90 Å². The van der Waals surface area contributed by atoms with Crippen LogP contribution in [0.1, 0.15) is 38.3 Å². The van der Waals surface area contributed by atoms with Crippen LogP contribution >= 0.6 is 11.8 Å². The molecule has 0 saturated carbocycles. The maximum Gasteiger partial charge on any atom is 0.0323 e. The van der Waals surface area contributed by atoms with Crippen LogP contribution in [0.15, 0.2) is 29.2 Å². The third kappa shape index (κ3) is 3.33. The zero-order valence-corrected chi connectivity index (χ0v) is 13.1. The predicted octanol–water partition coefficient (Wildman–Crippen LogP) is 3.53. The number of rotatable bonds is 4. The van der Waals surface area contributed by atoms with Crippen molar-refractivity contribution < 1.29 is 0 Å². The van der Waals surface area contributed by atoms with Gasteiger partial charge in [0.15, 0.2) is 0 Å².